The van der Waals surface area contributed by atoms with Crippen LogP contribution in [0.25, 0.3) is 5.78 Å². The van der Waals surface area contributed by atoms with E-state index in [-0.39, 0.29) is 5.91 Å². The Bertz CT molecular complexity index is 635. The van der Waals surface area contributed by atoms with E-state index < -0.39 is 0 Å². The quantitative estimate of drug-likeness (QED) is 0.781. The minimum atomic E-state index is 0.123. The molecule has 2 aliphatic rings. The summed E-state index contributed by atoms with van der Waals surface area (Å²) in [6.07, 6.45) is 11.9. The monoisotopic (exact) mass is 256 g/mol. The fourth-order valence-electron chi connectivity index (χ4n) is 3.58. The zero-order chi connectivity index (χ0) is 12.8. The van der Waals surface area contributed by atoms with Crippen molar-refractivity contribution < 1.29 is 4.79 Å². The molecule has 19 heavy (non-hydrogen) atoms. The standard InChI is InChI=1S/C14H16N4O/c19-13(18-6-4-10-2-1-3-12(10)18)11-8-16-14-15-5-7-17(14)9-11/h5,7-10,12H,1-4,6H2/t10-,12-/m0/s1. The summed E-state index contributed by atoms with van der Waals surface area (Å²) in [6, 6.07) is 0.464. The molecule has 2 aromatic rings. The van der Waals surface area contributed by atoms with E-state index in [0.29, 0.717) is 17.4 Å². The summed E-state index contributed by atoms with van der Waals surface area (Å²) in [5, 5.41) is 0. The lowest BCUT2D eigenvalue weighted by molar-refractivity contribution is 0.0728. The van der Waals surface area contributed by atoms with Crippen LogP contribution >= 0.6 is 0 Å². The predicted molar refractivity (Wildman–Crippen MR) is 69.8 cm³/mol. The molecule has 1 aliphatic carbocycles. The van der Waals surface area contributed by atoms with Gasteiger partial charge in [-0.3, -0.25) is 9.20 Å². The van der Waals surface area contributed by atoms with Gasteiger partial charge in [0, 0.05) is 37.4 Å². The molecule has 2 fully saturated rings. The van der Waals surface area contributed by atoms with E-state index in [1.54, 1.807) is 16.8 Å². The van der Waals surface area contributed by atoms with Gasteiger partial charge in [0.2, 0.25) is 5.78 Å². The summed E-state index contributed by atoms with van der Waals surface area (Å²) in [5.41, 5.74) is 0.665. The highest BCUT2D eigenvalue weighted by molar-refractivity contribution is 5.94. The topological polar surface area (TPSA) is 50.5 Å². The van der Waals surface area contributed by atoms with Crippen LogP contribution in [-0.2, 0) is 0 Å². The fraction of sp³-hybridized carbons (Fsp3) is 0.500. The van der Waals surface area contributed by atoms with E-state index in [9.17, 15) is 4.79 Å². The number of hydrogen-bond acceptors (Lipinski definition) is 3. The second kappa shape index (κ2) is 4.05. The summed E-state index contributed by atoms with van der Waals surface area (Å²) in [7, 11) is 0. The molecule has 2 aromatic heterocycles. The number of likely N-dealkylation sites (tertiary alicyclic amines) is 1. The van der Waals surface area contributed by atoms with Crippen molar-refractivity contribution in [1.82, 2.24) is 19.3 Å². The number of amides is 1. The van der Waals surface area contributed by atoms with Crippen molar-refractivity contribution in [1.29, 1.82) is 0 Å². The molecule has 0 N–H and O–H groups in total. The predicted octanol–water partition coefficient (Wildman–Crippen LogP) is 1.74. The van der Waals surface area contributed by atoms with Gasteiger partial charge in [0.05, 0.1) is 5.56 Å². The Morgan fingerprint density at radius 1 is 1.26 bits per heavy atom. The van der Waals surface area contributed by atoms with E-state index in [2.05, 4.69) is 14.9 Å². The van der Waals surface area contributed by atoms with Crippen LogP contribution in [0, 0.1) is 5.92 Å². The van der Waals surface area contributed by atoms with Gasteiger partial charge in [-0.1, -0.05) is 6.42 Å². The first kappa shape index (κ1) is 11.0. The SMILES string of the molecule is O=C(c1cnc2nccn2c1)N1CC[C@@H]2CCC[C@@H]21. The Hall–Kier alpha value is -1.91. The van der Waals surface area contributed by atoms with Gasteiger partial charge in [-0.25, -0.2) is 9.97 Å². The number of carbonyl (C=O) groups is 1. The summed E-state index contributed by atoms with van der Waals surface area (Å²) in [6.45, 7) is 0.899. The number of rotatable bonds is 1. The van der Waals surface area contributed by atoms with Crippen LogP contribution in [0.4, 0.5) is 0 Å². The van der Waals surface area contributed by atoms with Crippen molar-refractivity contribution in [3.63, 3.8) is 0 Å². The molecule has 98 valence electrons. The van der Waals surface area contributed by atoms with E-state index in [1.165, 1.54) is 12.8 Å². The zero-order valence-corrected chi connectivity index (χ0v) is 10.7. The molecular formula is C14H16N4O. The fourth-order valence-corrected chi connectivity index (χ4v) is 3.58. The van der Waals surface area contributed by atoms with Crippen molar-refractivity contribution >= 4 is 11.7 Å². The minimum Gasteiger partial charge on any atom is -0.335 e. The Morgan fingerprint density at radius 3 is 3.16 bits per heavy atom. The van der Waals surface area contributed by atoms with E-state index >= 15 is 0 Å². The molecule has 1 saturated heterocycles. The van der Waals surface area contributed by atoms with Crippen LogP contribution in [0.15, 0.2) is 24.8 Å². The Balaban J connectivity index is 1.65. The Kier molecular flexibility index (Phi) is 2.33. The van der Waals surface area contributed by atoms with Crippen LogP contribution in [0.3, 0.4) is 0 Å². The average molecular weight is 256 g/mol. The smallest absolute Gasteiger partial charge is 0.257 e. The van der Waals surface area contributed by atoms with Crippen molar-refractivity contribution in [3.8, 4) is 0 Å². The number of imidazole rings is 1. The molecule has 2 atom stereocenters. The number of nitrogens with zero attached hydrogens (tertiary/aromatic N) is 4. The largest absolute Gasteiger partial charge is 0.335 e. The van der Waals surface area contributed by atoms with Crippen LogP contribution in [0.5, 0.6) is 0 Å². The lowest BCUT2D eigenvalue weighted by atomic mass is 10.0. The molecule has 0 bridgehead atoms. The van der Waals surface area contributed by atoms with Crippen LogP contribution in [-0.4, -0.2) is 37.8 Å². The first-order valence-corrected chi connectivity index (χ1v) is 6.92. The van der Waals surface area contributed by atoms with Crippen molar-refractivity contribution in [2.24, 2.45) is 5.92 Å². The maximum absolute atomic E-state index is 12.6. The number of fused-ring (bicyclic) bond motifs is 2. The van der Waals surface area contributed by atoms with Gasteiger partial charge in [-0.05, 0) is 25.2 Å². The molecule has 0 spiro atoms. The Labute approximate surface area is 111 Å². The van der Waals surface area contributed by atoms with Crippen LogP contribution in [0.2, 0.25) is 0 Å². The molecule has 0 aromatic carbocycles. The average Bonchev–Trinajstić information content (AvgIpc) is 3.12. The second-order valence-corrected chi connectivity index (χ2v) is 5.52. The first-order valence-electron chi connectivity index (χ1n) is 6.92. The van der Waals surface area contributed by atoms with Crippen molar-refractivity contribution in [2.45, 2.75) is 31.7 Å². The minimum absolute atomic E-state index is 0.123. The molecule has 5 nitrogen and oxygen atoms in total. The third-order valence-corrected chi connectivity index (χ3v) is 4.51. The first-order chi connectivity index (χ1) is 9.33. The van der Waals surface area contributed by atoms with Gasteiger partial charge in [0.25, 0.3) is 5.91 Å². The number of hydrogen-bond donors (Lipinski definition) is 0. The van der Waals surface area contributed by atoms with E-state index in [4.69, 9.17) is 0 Å². The molecule has 1 aliphatic heterocycles. The van der Waals surface area contributed by atoms with E-state index in [0.717, 1.165) is 25.3 Å². The molecule has 5 heteroatoms. The second-order valence-electron chi connectivity index (χ2n) is 5.52. The molecule has 0 radical (unpaired) electrons. The highest BCUT2D eigenvalue weighted by Gasteiger charge is 2.40. The molecule has 1 saturated carbocycles. The van der Waals surface area contributed by atoms with Crippen molar-refractivity contribution in [2.75, 3.05) is 6.54 Å². The number of aromatic nitrogens is 3. The van der Waals surface area contributed by atoms with Gasteiger partial charge in [-0.2, -0.15) is 0 Å². The highest BCUT2D eigenvalue weighted by Crippen LogP contribution is 2.38. The lowest BCUT2D eigenvalue weighted by Crippen LogP contribution is -2.36. The third kappa shape index (κ3) is 1.64. The van der Waals surface area contributed by atoms with E-state index in [1.807, 2.05) is 12.4 Å². The highest BCUT2D eigenvalue weighted by atomic mass is 16.2. The van der Waals surface area contributed by atoms with Crippen molar-refractivity contribution in [3.05, 3.63) is 30.4 Å². The van der Waals surface area contributed by atoms with Crippen LogP contribution < -0.4 is 0 Å². The normalized spacial score (nSPS) is 26.0. The summed E-state index contributed by atoms with van der Waals surface area (Å²) in [5.74, 6) is 1.49. The Morgan fingerprint density at radius 2 is 2.21 bits per heavy atom. The molecule has 0 unspecified atom stereocenters. The van der Waals surface area contributed by atoms with Crippen LogP contribution in [0.1, 0.15) is 36.0 Å². The number of carbonyl (C=O) groups excluding carboxylic acids is 1. The third-order valence-electron chi connectivity index (χ3n) is 4.51. The molecule has 3 heterocycles. The van der Waals surface area contributed by atoms with Gasteiger partial charge in [-0.15, -0.1) is 0 Å². The molecular weight excluding hydrogens is 240 g/mol. The summed E-state index contributed by atoms with van der Waals surface area (Å²) < 4.78 is 1.80. The summed E-state index contributed by atoms with van der Waals surface area (Å²) >= 11 is 0. The lowest BCUT2D eigenvalue weighted by Gasteiger charge is -2.23. The maximum Gasteiger partial charge on any atom is 0.257 e. The van der Waals surface area contributed by atoms with Gasteiger partial charge < -0.3 is 4.90 Å². The maximum atomic E-state index is 12.6. The van der Waals surface area contributed by atoms with Gasteiger partial charge in [0.15, 0.2) is 0 Å². The zero-order valence-electron chi connectivity index (χ0n) is 10.7. The summed E-state index contributed by atoms with van der Waals surface area (Å²) in [4.78, 5) is 23.0. The molecule has 1 amide bonds. The van der Waals surface area contributed by atoms with Gasteiger partial charge in [0.1, 0.15) is 0 Å². The molecule has 4 rings (SSSR count). The van der Waals surface area contributed by atoms with Gasteiger partial charge >= 0.3 is 0 Å².